The number of morpholine rings is 1. The Morgan fingerprint density at radius 2 is 2.09 bits per heavy atom. The molecule has 1 saturated heterocycles. The van der Waals surface area contributed by atoms with Crippen molar-refractivity contribution in [3.05, 3.63) is 23.7 Å². The molecule has 1 aromatic rings. The molecule has 23 heavy (non-hydrogen) atoms. The fourth-order valence-electron chi connectivity index (χ4n) is 2.70. The minimum atomic E-state index is -0.436. The lowest BCUT2D eigenvalue weighted by molar-refractivity contribution is -0.122. The van der Waals surface area contributed by atoms with Gasteiger partial charge in [0.1, 0.15) is 11.5 Å². The third kappa shape index (κ3) is 5.80. The molecule has 0 radical (unpaired) electrons. The third-order valence-corrected chi connectivity index (χ3v) is 3.98. The lowest BCUT2D eigenvalue weighted by Crippen LogP contribution is -2.47. The van der Waals surface area contributed by atoms with Crippen molar-refractivity contribution in [3.63, 3.8) is 0 Å². The predicted octanol–water partition coefficient (Wildman–Crippen LogP) is 1.63. The van der Waals surface area contributed by atoms with Crippen molar-refractivity contribution in [2.75, 3.05) is 32.8 Å². The zero-order valence-corrected chi connectivity index (χ0v) is 14.7. The number of hydrogen-bond acceptors (Lipinski definition) is 5. The minimum absolute atomic E-state index is 0. The summed E-state index contributed by atoms with van der Waals surface area (Å²) in [6.07, 6.45) is 1.60. The molecular formula is C16H28ClN3O3. The normalized spacial score (nSPS) is 18.0. The molecule has 0 aliphatic carbocycles. The maximum atomic E-state index is 12.0. The van der Waals surface area contributed by atoms with Gasteiger partial charge in [-0.3, -0.25) is 9.69 Å². The molecular weight excluding hydrogens is 318 g/mol. The Balaban J connectivity index is 0.00000264. The molecule has 0 saturated carbocycles. The van der Waals surface area contributed by atoms with Crippen LogP contribution < -0.4 is 11.1 Å². The van der Waals surface area contributed by atoms with E-state index in [-0.39, 0.29) is 24.4 Å². The average molecular weight is 346 g/mol. The van der Waals surface area contributed by atoms with Gasteiger partial charge in [0, 0.05) is 19.6 Å². The number of ether oxygens (including phenoxy) is 1. The molecule has 1 aliphatic heterocycles. The van der Waals surface area contributed by atoms with Crippen LogP contribution in [0.15, 0.2) is 16.5 Å². The molecule has 0 spiro atoms. The van der Waals surface area contributed by atoms with Crippen molar-refractivity contribution in [3.8, 4) is 0 Å². The van der Waals surface area contributed by atoms with E-state index in [0.29, 0.717) is 26.2 Å². The second-order valence-electron chi connectivity index (χ2n) is 5.75. The van der Waals surface area contributed by atoms with E-state index in [1.54, 1.807) is 0 Å². The van der Waals surface area contributed by atoms with Gasteiger partial charge in [-0.05, 0) is 25.5 Å². The average Bonchev–Trinajstić information content (AvgIpc) is 2.95. The molecule has 132 valence electrons. The topological polar surface area (TPSA) is 80.7 Å². The van der Waals surface area contributed by atoms with Crippen LogP contribution in [0.5, 0.6) is 0 Å². The Bertz CT molecular complexity index is 475. The number of carbonyl (C=O) groups excluding carboxylic acids is 1. The fourth-order valence-corrected chi connectivity index (χ4v) is 2.70. The van der Waals surface area contributed by atoms with Crippen LogP contribution in [0.3, 0.4) is 0 Å². The molecule has 2 heterocycles. The van der Waals surface area contributed by atoms with Crippen LogP contribution in [0, 0.1) is 6.92 Å². The van der Waals surface area contributed by atoms with Crippen LogP contribution in [-0.4, -0.2) is 49.7 Å². The third-order valence-electron chi connectivity index (χ3n) is 3.98. The van der Waals surface area contributed by atoms with Gasteiger partial charge in [0.05, 0.1) is 25.3 Å². The highest BCUT2D eigenvalue weighted by atomic mass is 35.5. The van der Waals surface area contributed by atoms with Crippen molar-refractivity contribution < 1.29 is 13.9 Å². The second kappa shape index (κ2) is 9.93. The first-order valence-corrected chi connectivity index (χ1v) is 8.03. The van der Waals surface area contributed by atoms with Crippen LogP contribution in [0.4, 0.5) is 0 Å². The molecule has 1 amide bonds. The van der Waals surface area contributed by atoms with E-state index in [0.717, 1.165) is 31.0 Å². The number of halogens is 1. The van der Waals surface area contributed by atoms with Crippen molar-refractivity contribution in [2.24, 2.45) is 5.73 Å². The molecule has 1 fully saturated rings. The summed E-state index contributed by atoms with van der Waals surface area (Å²) in [5.41, 5.74) is 5.87. The van der Waals surface area contributed by atoms with E-state index >= 15 is 0 Å². The van der Waals surface area contributed by atoms with Gasteiger partial charge < -0.3 is 20.2 Å². The van der Waals surface area contributed by atoms with Gasteiger partial charge in [-0.15, -0.1) is 12.4 Å². The number of nitrogens with one attached hydrogen (secondary N) is 1. The Morgan fingerprint density at radius 3 is 2.65 bits per heavy atom. The quantitative estimate of drug-likeness (QED) is 0.785. The predicted molar refractivity (Wildman–Crippen MR) is 91.7 cm³/mol. The van der Waals surface area contributed by atoms with E-state index in [4.69, 9.17) is 14.9 Å². The Kier molecular flexibility index (Phi) is 8.62. The summed E-state index contributed by atoms with van der Waals surface area (Å²) in [5.74, 6) is 1.66. The maximum absolute atomic E-state index is 12.0. The van der Waals surface area contributed by atoms with E-state index in [9.17, 15) is 4.79 Å². The number of amides is 1. The molecule has 0 bridgehead atoms. The standard InChI is InChI=1S/C16H27N3O3.ClH/c1-3-4-13(17)16(20)18-11-14(15-6-5-12(2)22-15)19-7-9-21-10-8-19;/h5-6,13-14H,3-4,7-11,17H2,1-2H3,(H,18,20);1H. The molecule has 2 unspecified atom stereocenters. The second-order valence-corrected chi connectivity index (χ2v) is 5.75. The molecule has 7 heteroatoms. The van der Waals surface area contributed by atoms with Crippen LogP contribution >= 0.6 is 12.4 Å². The summed E-state index contributed by atoms with van der Waals surface area (Å²) in [6.45, 7) is 7.54. The molecule has 1 aromatic heterocycles. The van der Waals surface area contributed by atoms with Gasteiger partial charge in [0.2, 0.25) is 5.91 Å². The SMILES string of the molecule is CCCC(N)C(=O)NCC(c1ccc(C)o1)N1CCOCC1.Cl. The number of hydrogen-bond donors (Lipinski definition) is 2. The molecule has 6 nitrogen and oxygen atoms in total. The molecule has 2 rings (SSSR count). The highest BCUT2D eigenvalue weighted by molar-refractivity contribution is 5.85. The zero-order valence-electron chi connectivity index (χ0n) is 13.9. The van der Waals surface area contributed by atoms with Gasteiger partial charge in [-0.2, -0.15) is 0 Å². The number of carbonyl (C=O) groups is 1. The van der Waals surface area contributed by atoms with Crippen LogP contribution in [0.1, 0.15) is 37.3 Å². The van der Waals surface area contributed by atoms with E-state index in [2.05, 4.69) is 10.2 Å². The highest BCUT2D eigenvalue weighted by Crippen LogP contribution is 2.23. The van der Waals surface area contributed by atoms with Crippen molar-refractivity contribution in [2.45, 2.75) is 38.8 Å². The lowest BCUT2D eigenvalue weighted by atomic mass is 10.1. The monoisotopic (exact) mass is 345 g/mol. The van der Waals surface area contributed by atoms with E-state index in [1.165, 1.54) is 0 Å². The summed E-state index contributed by atoms with van der Waals surface area (Å²) < 4.78 is 11.2. The lowest BCUT2D eigenvalue weighted by Gasteiger charge is -2.33. The van der Waals surface area contributed by atoms with Crippen LogP contribution in [0.25, 0.3) is 0 Å². The number of rotatable bonds is 7. The summed E-state index contributed by atoms with van der Waals surface area (Å²) in [6, 6.07) is 3.52. The van der Waals surface area contributed by atoms with Crippen molar-refractivity contribution in [1.29, 1.82) is 0 Å². The van der Waals surface area contributed by atoms with E-state index in [1.807, 2.05) is 26.0 Å². The largest absolute Gasteiger partial charge is 0.465 e. The van der Waals surface area contributed by atoms with Gasteiger partial charge >= 0.3 is 0 Å². The Morgan fingerprint density at radius 1 is 1.39 bits per heavy atom. The first kappa shape index (κ1) is 20.0. The number of aryl methyl sites for hydroxylation is 1. The first-order valence-electron chi connectivity index (χ1n) is 8.03. The summed E-state index contributed by atoms with van der Waals surface area (Å²) in [7, 11) is 0. The van der Waals surface area contributed by atoms with Crippen LogP contribution in [-0.2, 0) is 9.53 Å². The Hall–Kier alpha value is -1.08. The number of nitrogens with zero attached hydrogens (tertiary/aromatic N) is 1. The highest BCUT2D eigenvalue weighted by Gasteiger charge is 2.26. The van der Waals surface area contributed by atoms with Crippen LogP contribution in [0.2, 0.25) is 0 Å². The Labute approximate surface area is 144 Å². The zero-order chi connectivity index (χ0) is 15.9. The van der Waals surface area contributed by atoms with Crippen molar-refractivity contribution in [1.82, 2.24) is 10.2 Å². The smallest absolute Gasteiger partial charge is 0.236 e. The van der Waals surface area contributed by atoms with Crippen molar-refractivity contribution >= 4 is 18.3 Å². The number of furan rings is 1. The molecule has 2 atom stereocenters. The van der Waals surface area contributed by atoms with Gasteiger partial charge in [-0.25, -0.2) is 0 Å². The molecule has 1 aliphatic rings. The van der Waals surface area contributed by atoms with E-state index < -0.39 is 6.04 Å². The number of nitrogens with two attached hydrogens (primary N) is 1. The molecule has 3 N–H and O–H groups in total. The van der Waals surface area contributed by atoms with Gasteiger partial charge in [-0.1, -0.05) is 13.3 Å². The summed E-state index contributed by atoms with van der Waals surface area (Å²) in [4.78, 5) is 14.3. The fraction of sp³-hybridized carbons (Fsp3) is 0.688. The molecule has 0 aromatic carbocycles. The van der Waals surface area contributed by atoms with Gasteiger partial charge in [0.25, 0.3) is 0 Å². The minimum Gasteiger partial charge on any atom is -0.465 e. The summed E-state index contributed by atoms with van der Waals surface area (Å²) >= 11 is 0. The first-order chi connectivity index (χ1) is 10.6. The summed E-state index contributed by atoms with van der Waals surface area (Å²) in [5, 5.41) is 2.97. The maximum Gasteiger partial charge on any atom is 0.236 e. The van der Waals surface area contributed by atoms with Gasteiger partial charge in [0.15, 0.2) is 0 Å².